The van der Waals surface area contributed by atoms with Gasteiger partial charge in [0.05, 0.1) is 19.5 Å². The minimum Gasteiger partial charge on any atom is -0.497 e. The van der Waals surface area contributed by atoms with E-state index in [1.54, 1.807) is 26.3 Å². The summed E-state index contributed by atoms with van der Waals surface area (Å²) in [6, 6.07) is 9.72. The van der Waals surface area contributed by atoms with Crippen LogP contribution in [0.15, 0.2) is 47.2 Å². The number of aromatic nitrogens is 3. The molecule has 1 aliphatic rings. The second kappa shape index (κ2) is 8.17. The SMILES string of the molecule is COc1ccc(N2CCN(c3cnc(C(=O)Nc4cc(C)on4)cn3)CC2)cc1. The van der Waals surface area contributed by atoms with Gasteiger partial charge in [0.1, 0.15) is 23.0 Å². The number of aryl methyl sites for hydroxylation is 1. The number of piperazine rings is 1. The maximum atomic E-state index is 12.2. The summed E-state index contributed by atoms with van der Waals surface area (Å²) in [5, 5.41) is 6.37. The normalized spacial score (nSPS) is 14.0. The summed E-state index contributed by atoms with van der Waals surface area (Å²) in [4.78, 5) is 25.4. The van der Waals surface area contributed by atoms with Gasteiger partial charge < -0.3 is 24.4 Å². The number of nitrogens with one attached hydrogen (secondary N) is 1. The van der Waals surface area contributed by atoms with Gasteiger partial charge in [0.2, 0.25) is 0 Å². The van der Waals surface area contributed by atoms with Crippen molar-refractivity contribution in [2.45, 2.75) is 6.92 Å². The number of ether oxygens (including phenoxy) is 1. The molecule has 3 aromatic rings. The van der Waals surface area contributed by atoms with E-state index >= 15 is 0 Å². The zero-order valence-corrected chi connectivity index (χ0v) is 16.3. The van der Waals surface area contributed by atoms with Crippen LogP contribution in [-0.2, 0) is 0 Å². The average molecular weight is 394 g/mol. The summed E-state index contributed by atoms with van der Waals surface area (Å²) < 4.78 is 10.1. The Morgan fingerprint density at radius 1 is 1.07 bits per heavy atom. The Balaban J connectivity index is 1.34. The number of hydrogen-bond donors (Lipinski definition) is 1. The van der Waals surface area contributed by atoms with E-state index in [2.05, 4.69) is 42.4 Å². The Kier molecular flexibility index (Phi) is 5.28. The number of hydrogen-bond acceptors (Lipinski definition) is 8. The predicted molar refractivity (Wildman–Crippen MR) is 109 cm³/mol. The Hall–Kier alpha value is -3.62. The van der Waals surface area contributed by atoms with Crippen LogP contribution >= 0.6 is 0 Å². The number of carbonyl (C=O) groups is 1. The van der Waals surface area contributed by atoms with Crippen LogP contribution in [0, 0.1) is 6.92 Å². The number of amides is 1. The first-order valence-corrected chi connectivity index (χ1v) is 9.33. The van der Waals surface area contributed by atoms with Crippen molar-refractivity contribution in [2.24, 2.45) is 0 Å². The first-order chi connectivity index (χ1) is 14.1. The van der Waals surface area contributed by atoms with Crippen LogP contribution in [0.5, 0.6) is 5.75 Å². The molecule has 0 bridgehead atoms. The van der Waals surface area contributed by atoms with E-state index in [1.165, 1.54) is 11.9 Å². The lowest BCUT2D eigenvalue weighted by Gasteiger charge is -2.36. The Labute approximate surface area is 168 Å². The zero-order valence-electron chi connectivity index (χ0n) is 16.3. The van der Waals surface area contributed by atoms with Gasteiger partial charge in [-0.2, -0.15) is 0 Å². The lowest BCUT2D eigenvalue weighted by molar-refractivity contribution is 0.102. The minimum absolute atomic E-state index is 0.228. The second-order valence-electron chi connectivity index (χ2n) is 6.71. The molecule has 2 aromatic heterocycles. The smallest absolute Gasteiger partial charge is 0.277 e. The van der Waals surface area contributed by atoms with Gasteiger partial charge in [-0.3, -0.25) is 4.79 Å². The van der Waals surface area contributed by atoms with E-state index in [9.17, 15) is 4.79 Å². The summed E-state index contributed by atoms with van der Waals surface area (Å²) in [5.41, 5.74) is 1.40. The van der Waals surface area contributed by atoms with Gasteiger partial charge in [-0.1, -0.05) is 5.16 Å². The molecule has 1 saturated heterocycles. The molecular weight excluding hydrogens is 372 g/mol. The summed E-state index contributed by atoms with van der Waals surface area (Å²) in [7, 11) is 1.67. The summed E-state index contributed by atoms with van der Waals surface area (Å²) in [6.07, 6.45) is 3.11. The van der Waals surface area contributed by atoms with E-state index in [0.717, 1.165) is 37.7 Å². The third kappa shape index (κ3) is 4.29. The maximum absolute atomic E-state index is 12.2. The Morgan fingerprint density at radius 3 is 2.38 bits per heavy atom. The summed E-state index contributed by atoms with van der Waals surface area (Å²) in [5.74, 6) is 2.21. The molecule has 1 N–H and O–H groups in total. The van der Waals surface area contributed by atoms with Crippen molar-refractivity contribution in [1.82, 2.24) is 15.1 Å². The minimum atomic E-state index is -0.373. The third-order valence-corrected chi connectivity index (χ3v) is 4.78. The van der Waals surface area contributed by atoms with Gasteiger partial charge in [-0.05, 0) is 31.2 Å². The van der Waals surface area contributed by atoms with Gasteiger partial charge in [0.15, 0.2) is 5.82 Å². The molecule has 1 fully saturated rings. The van der Waals surface area contributed by atoms with Crippen LogP contribution in [0.3, 0.4) is 0 Å². The molecule has 0 atom stereocenters. The highest BCUT2D eigenvalue weighted by Gasteiger charge is 2.19. The average Bonchev–Trinajstić information content (AvgIpc) is 3.18. The van der Waals surface area contributed by atoms with Gasteiger partial charge >= 0.3 is 0 Å². The quantitative estimate of drug-likeness (QED) is 0.704. The molecule has 9 nitrogen and oxygen atoms in total. The second-order valence-corrected chi connectivity index (χ2v) is 6.71. The summed E-state index contributed by atoms with van der Waals surface area (Å²) in [6.45, 7) is 5.16. The number of benzene rings is 1. The van der Waals surface area contributed by atoms with Crippen LogP contribution in [0.4, 0.5) is 17.3 Å². The van der Waals surface area contributed by atoms with Crippen molar-refractivity contribution >= 4 is 23.2 Å². The molecule has 29 heavy (non-hydrogen) atoms. The van der Waals surface area contributed by atoms with Gasteiger partial charge in [0.25, 0.3) is 5.91 Å². The van der Waals surface area contributed by atoms with E-state index < -0.39 is 0 Å². The molecular formula is C20H22N6O3. The Bertz CT molecular complexity index is 963. The van der Waals surface area contributed by atoms with Crippen molar-refractivity contribution in [2.75, 3.05) is 48.4 Å². The molecule has 0 spiro atoms. The fourth-order valence-corrected chi connectivity index (χ4v) is 3.19. The van der Waals surface area contributed by atoms with Crippen molar-refractivity contribution in [3.8, 4) is 5.75 Å². The molecule has 0 unspecified atom stereocenters. The van der Waals surface area contributed by atoms with Crippen molar-refractivity contribution in [1.29, 1.82) is 0 Å². The molecule has 1 aliphatic heterocycles. The van der Waals surface area contributed by atoms with Crippen LogP contribution in [0.25, 0.3) is 0 Å². The maximum Gasteiger partial charge on any atom is 0.277 e. The van der Waals surface area contributed by atoms with Crippen LogP contribution in [0.1, 0.15) is 16.2 Å². The van der Waals surface area contributed by atoms with Crippen LogP contribution in [-0.4, -0.2) is 54.3 Å². The van der Waals surface area contributed by atoms with E-state index in [0.29, 0.717) is 11.6 Å². The predicted octanol–water partition coefficient (Wildman–Crippen LogP) is 2.36. The van der Waals surface area contributed by atoms with Crippen molar-refractivity contribution in [3.05, 3.63) is 54.2 Å². The van der Waals surface area contributed by atoms with Crippen molar-refractivity contribution < 1.29 is 14.1 Å². The largest absolute Gasteiger partial charge is 0.497 e. The van der Waals surface area contributed by atoms with Crippen LogP contribution < -0.4 is 19.9 Å². The topological polar surface area (TPSA) is 96.6 Å². The molecule has 3 heterocycles. The standard InChI is InChI=1S/C20H22N6O3/c1-14-11-18(24-29-14)23-20(27)17-12-22-19(13-21-17)26-9-7-25(8-10-26)15-3-5-16(28-2)6-4-15/h3-6,11-13H,7-10H2,1-2H3,(H,23,24,27). The van der Waals surface area contributed by atoms with Gasteiger partial charge in [0, 0.05) is 37.9 Å². The Morgan fingerprint density at radius 2 is 1.79 bits per heavy atom. The van der Waals surface area contributed by atoms with Gasteiger partial charge in [-0.15, -0.1) is 0 Å². The lowest BCUT2D eigenvalue weighted by Crippen LogP contribution is -2.46. The fraction of sp³-hybridized carbons (Fsp3) is 0.300. The highest BCUT2D eigenvalue weighted by Crippen LogP contribution is 2.22. The fourth-order valence-electron chi connectivity index (χ4n) is 3.19. The molecule has 4 rings (SSSR count). The first kappa shape index (κ1) is 18.7. The molecule has 0 aliphatic carbocycles. The molecule has 9 heteroatoms. The molecule has 150 valence electrons. The van der Waals surface area contributed by atoms with E-state index in [1.807, 2.05) is 12.1 Å². The van der Waals surface area contributed by atoms with E-state index in [-0.39, 0.29) is 11.6 Å². The third-order valence-electron chi connectivity index (χ3n) is 4.78. The lowest BCUT2D eigenvalue weighted by atomic mass is 10.2. The number of rotatable bonds is 5. The highest BCUT2D eigenvalue weighted by atomic mass is 16.5. The first-order valence-electron chi connectivity index (χ1n) is 9.33. The molecule has 0 saturated carbocycles. The van der Waals surface area contributed by atoms with Crippen LogP contribution in [0.2, 0.25) is 0 Å². The summed E-state index contributed by atoms with van der Waals surface area (Å²) >= 11 is 0. The number of carbonyl (C=O) groups excluding carboxylic acids is 1. The van der Waals surface area contributed by atoms with Crippen molar-refractivity contribution in [3.63, 3.8) is 0 Å². The highest BCUT2D eigenvalue weighted by molar-refractivity contribution is 6.02. The molecule has 1 aromatic carbocycles. The number of nitrogens with zero attached hydrogens (tertiary/aromatic N) is 5. The zero-order chi connectivity index (χ0) is 20.2. The van der Waals surface area contributed by atoms with Gasteiger partial charge in [-0.25, -0.2) is 9.97 Å². The number of methoxy groups -OCH3 is 1. The van der Waals surface area contributed by atoms with E-state index in [4.69, 9.17) is 9.26 Å². The number of anilines is 3. The molecule has 0 radical (unpaired) electrons. The molecule has 1 amide bonds. The monoisotopic (exact) mass is 394 g/mol.